The molecule has 0 aliphatic rings. The summed E-state index contributed by atoms with van der Waals surface area (Å²) in [7, 11) is -4.08. The molecule has 0 spiro atoms. The van der Waals surface area contributed by atoms with Crippen LogP contribution in [0.3, 0.4) is 0 Å². The Balaban J connectivity index is 0.000000235. The van der Waals surface area contributed by atoms with Crippen LogP contribution < -0.4 is 0 Å². The summed E-state index contributed by atoms with van der Waals surface area (Å²) in [6.45, 7) is 5.22. The second-order valence-electron chi connectivity index (χ2n) is 4.26. The van der Waals surface area contributed by atoms with E-state index in [1.807, 2.05) is 6.92 Å². The maximum atomic E-state index is 10.9. The van der Waals surface area contributed by atoms with E-state index in [-0.39, 0.29) is 4.90 Å². The minimum absolute atomic E-state index is 0.0260. The van der Waals surface area contributed by atoms with Crippen LogP contribution in [-0.2, 0) is 10.1 Å². The maximum absolute atomic E-state index is 10.9. The largest absolute Gasteiger partial charge is 0.339 e. The lowest BCUT2D eigenvalue weighted by Crippen LogP contribution is -2.08. The van der Waals surface area contributed by atoms with Gasteiger partial charge in [0.1, 0.15) is 12.4 Å². The van der Waals surface area contributed by atoms with Crippen LogP contribution in [0.5, 0.6) is 0 Å². The number of hydrogen-bond donors (Lipinski definition) is 1. The summed E-state index contributed by atoms with van der Waals surface area (Å²) in [6, 6.07) is 3.46. The summed E-state index contributed by atoms with van der Waals surface area (Å²) in [5, 5.41) is 15.4. The summed E-state index contributed by atoms with van der Waals surface area (Å²) >= 11 is 0. The van der Waals surface area contributed by atoms with Crippen LogP contribution in [-0.4, -0.2) is 33.1 Å². The van der Waals surface area contributed by atoms with Crippen molar-refractivity contribution >= 4 is 10.1 Å². The van der Waals surface area contributed by atoms with Gasteiger partial charge in [-0.2, -0.15) is 8.42 Å². The maximum Gasteiger partial charge on any atom is 0.295 e. The summed E-state index contributed by atoms with van der Waals surface area (Å²) in [4.78, 5) is 10.3. The molecule has 114 valence electrons. The summed E-state index contributed by atoms with van der Waals surface area (Å²) in [6.07, 6.45) is 2.39. The van der Waals surface area contributed by atoms with Gasteiger partial charge in [-0.3, -0.25) is 4.55 Å². The first-order chi connectivity index (χ1) is 9.62. The van der Waals surface area contributed by atoms with Crippen molar-refractivity contribution in [2.45, 2.75) is 25.7 Å². The third-order valence-electron chi connectivity index (χ3n) is 2.44. The van der Waals surface area contributed by atoms with Crippen molar-refractivity contribution in [1.82, 2.24) is 15.1 Å². The van der Waals surface area contributed by atoms with Gasteiger partial charge in [0.25, 0.3) is 10.1 Å². The Morgan fingerprint density at radius 1 is 1.24 bits per heavy atom. The molecule has 1 N–H and O–H groups in total. The van der Waals surface area contributed by atoms with Crippen molar-refractivity contribution in [3.8, 4) is 0 Å². The molecular formula is C11H14N4O5S. The zero-order valence-corrected chi connectivity index (χ0v) is 12.4. The summed E-state index contributed by atoms with van der Waals surface area (Å²) in [5.74, 6) is 0. The molecule has 0 saturated heterocycles. The van der Waals surface area contributed by atoms with Crippen molar-refractivity contribution < 1.29 is 18.0 Å². The number of benzene rings is 1. The molecule has 0 amide bonds. The number of aryl methyl sites for hydroxylation is 3. The molecule has 0 atom stereocenters. The molecule has 0 bridgehead atoms. The smallest absolute Gasteiger partial charge is 0.295 e. The normalized spacial score (nSPS) is 10.7. The molecule has 0 aliphatic heterocycles. The fourth-order valence-corrected chi connectivity index (χ4v) is 2.79. The van der Waals surface area contributed by atoms with Gasteiger partial charge in [0.05, 0.1) is 9.93 Å². The van der Waals surface area contributed by atoms with Gasteiger partial charge in [0, 0.05) is 4.79 Å². The Morgan fingerprint density at radius 3 is 2.05 bits per heavy atom. The first-order valence-electron chi connectivity index (χ1n) is 5.69. The highest BCUT2D eigenvalue weighted by Gasteiger charge is 2.15. The van der Waals surface area contributed by atoms with E-state index in [9.17, 15) is 18.5 Å². The van der Waals surface area contributed by atoms with E-state index >= 15 is 0 Å². The Hall–Kier alpha value is -2.33. The van der Waals surface area contributed by atoms with Crippen LogP contribution in [0.1, 0.15) is 16.7 Å². The number of aromatic nitrogens is 3. The Kier molecular flexibility index (Phi) is 5.11. The molecule has 0 radical (unpaired) electrons. The molecule has 1 aromatic heterocycles. The molecule has 21 heavy (non-hydrogen) atoms. The second-order valence-corrected chi connectivity index (χ2v) is 5.62. The Labute approximate surface area is 121 Å². The average molecular weight is 314 g/mol. The lowest BCUT2D eigenvalue weighted by Gasteiger charge is -2.07. The van der Waals surface area contributed by atoms with Crippen LogP contribution in [0, 0.1) is 30.9 Å². The number of hydrogen-bond acceptors (Lipinski definition) is 6. The molecular weight excluding hydrogens is 300 g/mol. The fourth-order valence-electron chi connectivity index (χ4n) is 1.86. The summed E-state index contributed by atoms with van der Waals surface area (Å²) < 4.78 is 30.8. The monoisotopic (exact) mass is 314 g/mol. The lowest BCUT2D eigenvalue weighted by atomic mass is 10.1. The Morgan fingerprint density at radius 2 is 1.76 bits per heavy atom. The van der Waals surface area contributed by atoms with Gasteiger partial charge in [0.15, 0.2) is 5.21 Å². The predicted molar refractivity (Wildman–Crippen MR) is 72.9 cm³/mol. The molecule has 0 fully saturated rings. The van der Waals surface area contributed by atoms with E-state index in [0.29, 0.717) is 15.9 Å². The van der Waals surface area contributed by atoms with Crippen LogP contribution in [0.4, 0.5) is 0 Å². The molecule has 0 aliphatic carbocycles. The van der Waals surface area contributed by atoms with Crippen molar-refractivity contribution in [2.24, 2.45) is 0 Å². The molecule has 2 rings (SSSR count). The highest BCUT2D eigenvalue weighted by atomic mass is 32.2. The van der Waals surface area contributed by atoms with Crippen LogP contribution in [0.2, 0.25) is 0 Å². The van der Waals surface area contributed by atoms with Gasteiger partial charge in [-0.25, -0.2) is 0 Å². The van der Waals surface area contributed by atoms with Crippen molar-refractivity contribution in [1.29, 1.82) is 0 Å². The topological polar surface area (TPSA) is 128 Å². The lowest BCUT2D eigenvalue weighted by molar-refractivity contribution is -0.553. The van der Waals surface area contributed by atoms with Crippen LogP contribution in [0.15, 0.2) is 29.4 Å². The van der Waals surface area contributed by atoms with Gasteiger partial charge in [-0.1, -0.05) is 17.7 Å². The van der Waals surface area contributed by atoms with Gasteiger partial charge >= 0.3 is 0 Å². The van der Waals surface area contributed by atoms with E-state index in [1.165, 1.54) is 6.20 Å². The molecule has 10 heteroatoms. The van der Waals surface area contributed by atoms with Gasteiger partial charge in [-0.05, 0) is 37.0 Å². The van der Waals surface area contributed by atoms with Gasteiger partial charge < -0.3 is 10.1 Å². The summed E-state index contributed by atoms with van der Waals surface area (Å²) in [5.41, 5.74) is 2.16. The third kappa shape index (κ3) is 4.61. The highest BCUT2D eigenvalue weighted by molar-refractivity contribution is 7.86. The minimum atomic E-state index is -4.08. The van der Waals surface area contributed by atoms with E-state index in [0.717, 1.165) is 11.8 Å². The molecule has 9 nitrogen and oxygen atoms in total. The van der Waals surface area contributed by atoms with Gasteiger partial charge in [-0.15, -0.1) is 0 Å². The SMILES string of the molecule is Cc1cc(C)c(S(=O)(=O)O)c(C)c1.O=[N+]([O-])n1ccnn1. The zero-order valence-electron chi connectivity index (χ0n) is 11.6. The number of rotatable bonds is 2. The quantitative estimate of drug-likeness (QED) is 0.500. The zero-order chi connectivity index (χ0) is 16.2. The standard InChI is InChI=1S/C9H12O3S.C2H2N4O2/c1-6-4-7(2)9(8(3)5-6)13(10,11)12;7-6(8)5-2-1-3-4-5/h4-5H,1-3H3,(H,10,11,12);1-2H. The predicted octanol–water partition coefficient (Wildman–Crippen LogP) is 1.18. The number of nitro groups is 1. The van der Waals surface area contributed by atoms with Crippen molar-refractivity contribution in [3.63, 3.8) is 0 Å². The minimum Gasteiger partial charge on any atom is -0.339 e. The first kappa shape index (κ1) is 16.7. The molecule has 2 aromatic rings. The first-order valence-corrected chi connectivity index (χ1v) is 7.13. The van der Waals surface area contributed by atoms with Crippen molar-refractivity contribution in [2.75, 3.05) is 0 Å². The number of nitrogens with zero attached hydrogens (tertiary/aromatic N) is 4. The molecule has 0 saturated carbocycles. The fraction of sp³-hybridized carbons (Fsp3) is 0.273. The van der Waals surface area contributed by atoms with E-state index < -0.39 is 15.2 Å². The van der Waals surface area contributed by atoms with E-state index in [4.69, 9.17) is 4.55 Å². The van der Waals surface area contributed by atoms with E-state index in [1.54, 1.807) is 26.0 Å². The Bertz CT molecular complexity index is 717. The van der Waals surface area contributed by atoms with Crippen molar-refractivity contribution in [3.05, 3.63) is 51.3 Å². The van der Waals surface area contributed by atoms with Crippen LogP contribution in [0.25, 0.3) is 0 Å². The molecule has 1 heterocycles. The second kappa shape index (κ2) is 6.41. The molecule has 0 unspecified atom stereocenters. The van der Waals surface area contributed by atoms with Crippen LogP contribution >= 0.6 is 0 Å². The highest BCUT2D eigenvalue weighted by Crippen LogP contribution is 2.20. The average Bonchev–Trinajstić information content (AvgIpc) is 2.78. The van der Waals surface area contributed by atoms with E-state index in [2.05, 4.69) is 10.3 Å². The molecule has 1 aromatic carbocycles. The van der Waals surface area contributed by atoms with Gasteiger partial charge in [0.2, 0.25) is 0 Å². The third-order valence-corrected chi connectivity index (χ3v) is 3.60.